The van der Waals surface area contributed by atoms with Crippen molar-refractivity contribution in [3.8, 4) is 6.07 Å². The van der Waals surface area contributed by atoms with Gasteiger partial charge < -0.3 is 10.2 Å². The first-order valence-corrected chi connectivity index (χ1v) is 7.41. The first-order valence-electron chi connectivity index (χ1n) is 7.41. The van der Waals surface area contributed by atoms with Crippen molar-refractivity contribution >= 4 is 11.6 Å². The molecule has 0 saturated carbocycles. The quantitative estimate of drug-likeness (QED) is 0.885. The van der Waals surface area contributed by atoms with Crippen LogP contribution in [0.1, 0.15) is 17.5 Å². The van der Waals surface area contributed by atoms with Crippen molar-refractivity contribution in [1.82, 2.24) is 4.90 Å². The van der Waals surface area contributed by atoms with E-state index < -0.39 is 11.6 Å². The Labute approximate surface area is 139 Å². The van der Waals surface area contributed by atoms with Gasteiger partial charge in [-0.1, -0.05) is 18.2 Å². The molecule has 0 atom stereocenters. The highest BCUT2D eigenvalue weighted by molar-refractivity contribution is 5.92. The van der Waals surface area contributed by atoms with Crippen LogP contribution in [0, 0.1) is 23.0 Å². The van der Waals surface area contributed by atoms with Crippen LogP contribution in [0.15, 0.2) is 42.5 Å². The number of carbonyl (C=O) groups is 1. The largest absolute Gasteiger partial charge is 0.325 e. The van der Waals surface area contributed by atoms with Crippen molar-refractivity contribution in [3.63, 3.8) is 0 Å². The molecular formula is C18H17F2N3O. The van der Waals surface area contributed by atoms with Gasteiger partial charge in [0.25, 0.3) is 0 Å². The fourth-order valence-electron chi connectivity index (χ4n) is 2.22. The van der Waals surface area contributed by atoms with Gasteiger partial charge in [0.2, 0.25) is 5.91 Å². The molecule has 0 aliphatic carbocycles. The Kier molecular flexibility index (Phi) is 5.99. The van der Waals surface area contributed by atoms with Gasteiger partial charge in [-0.15, -0.1) is 0 Å². The van der Waals surface area contributed by atoms with Crippen LogP contribution >= 0.6 is 0 Å². The first kappa shape index (κ1) is 17.6. The minimum Gasteiger partial charge on any atom is -0.325 e. The lowest BCUT2D eigenvalue weighted by Crippen LogP contribution is -2.24. The van der Waals surface area contributed by atoms with Gasteiger partial charge in [-0.05, 0) is 36.9 Å². The highest BCUT2D eigenvalue weighted by Gasteiger charge is 2.09. The van der Waals surface area contributed by atoms with E-state index in [0.717, 1.165) is 12.1 Å². The molecule has 0 aromatic heterocycles. The fourth-order valence-corrected chi connectivity index (χ4v) is 2.22. The zero-order valence-corrected chi connectivity index (χ0v) is 13.2. The number of benzene rings is 2. The number of nitriles is 1. The number of nitrogens with one attached hydrogen (secondary N) is 1. The molecule has 24 heavy (non-hydrogen) atoms. The molecule has 4 nitrogen and oxygen atoms in total. The molecule has 1 N–H and O–H groups in total. The second-order valence-corrected chi connectivity index (χ2v) is 5.44. The average molecular weight is 329 g/mol. The Morgan fingerprint density at radius 3 is 2.67 bits per heavy atom. The molecule has 0 saturated heterocycles. The van der Waals surface area contributed by atoms with Crippen LogP contribution < -0.4 is 5.32 Å². The molecule has 0 aliphatic rings. The van der Waals surface area contributed by atoms with E-state index in [9.17, 15) is 13.6 Å². The molecule has 0 fully saturated rings. The van der Waals surface area contributed by atoms with Crippen molar-refractivity contribution in [2.45, 2.75) is 13.0 Å². The predicted molar refractivity (Wildman–Crippen MR) is 87.1 cm³/mol. The molecule has 0 heterocycles. The summed E-state index contributed by atoms with van der Waals surface area (Å²) in [5.74, 6) is -1.97. The van der Waals surface area contributed by atoms with Gasteiger partial charge in [-0.25, -0.2) is 8.78 Å². The molecule has 2 aromatic carbocycles. The lowest BCUT2D eigenvalue weighted by Gasteiger charge is -2.16. The van der Waals surface area contributed by atoms with Gasteiger partial charge in [-0.2, -0.15) is 5.26 Å². The third-order valence-corrected chi connectivity index (χ3v) is 3.48. The Balaban J connectivity index is 1.85. The minimum absolute atomic E-state index is 0.213. The third-order valence-electron chi connectivity index (χ3n) is 3.48. The summed E-state index contributed by atoms with van der Waals surface area (Å²) in [4.78, 5) is 13.8. The van der Waals surface area contributed by atoms with Crippen molar-refractivity contribution in [2.75, 3.05) is 18.9 Å². The van der Waals surface area contributed by atoms with Crippen LogP contribution in [0.3, 0.4) is 0 Å². The fraction of sp³-hybridized carbons (Fsp3) is 0.222. The number of hydrogen-bond acceptors (Lipinski definition) is 3. The third kappa shape index (κ3) is 4.86. The molecule has 0 spiro atoms. The Morgan fingerprint density at radius 2 is 1.96 bits per heavy atom. The molecule has 0 radical (unpaired) electrons. The van der Waals surface area contributed by atoms with Crippen LogP contribution in [0.25, 0.3) is 0 Å². The van der Waals surface area contributed by atoms with Crippen LogP contribution in [-0.4, -0.2) is 24.4 Å². The summed E-state index contributed by atoms with van der Waals surface area (Å²) in [6, 6.07) is 12.5. The Bertz CT molecular complexity index is 771. The van der Waals surface area contributed by atoms with E-state index in [4.69, 9.17) is 5.26 Å². The Morgan fingerprint density at radius 1 is 1.21 bits per heavy atom. The maximum atomic E-state index is 13.2. The van der Waals surface area contributed by atoms with Gasteiger partial charge in [0.15, 0.2) is 11.6 Å². The predicted octanol–water partition coefficient (Wildman–Crippen LogP) is 3.30. The lowest BCUT2D eigenvalue weighted by atomic mass is 10.2. The molecule has 0 bridgehead atoms. The summed E-state index contributed by atoms with van der Waals surface area (Å²) in [6.45, 7) is 0.846. The van der Waals surface area contributed by atoms with Gasteiger partial charge in [-0.3, -0.25) is 4.79 Å². The van der Waals surface area contributed by atoms with Crippen LogP contribution in [0.5, 0.6) is 0 Å². The van der Waals surface area contributed by atoms with Gasteiger partial charge in [0, 0.05) is 19.5 Å². The summed E-state index contributed by atoms with van der Waals surface area (Å²) in [5.41, 5.74) is 1.51. The normalized spacial score (nSPS) is 10.5. The van der Waals surface area contributed by atoms with Crippen molar-refractivity contribution < 1.29 is 13.6 Å². The number of para-hydroxylation sites is 1. The first-order chi connectivity index (χ1) is 11.5. The number of hydrogen-bond donors (Lipinski definition) is 1. The number of carbonyl (C=O) groups excluding carboxylic acids is 1. The van der Waals surface area contributed by atoms with Gasteiger partial charge in [0.1, 0.15) is 6.07 Å². The SMILES string of the molecule is CN(CCC(=O)Nc1ccccc1C#N)Cc1ccc(F)c(F)c1. The maximum absolute atomic E-state index is 13.2. The standard InChI is InChI=1S/C18H17F2N3O/c1-23(12-13-6-7-15(19)16(20)10-13)9-8-18(24)22-17-5-3-2-4-14(17)11-21/h2-7,10H,8-9,12H2,1H3,(H,22,24). The number of amides is 1. The summed E-state index contributed by atoms with van der Waals surface area (Å²) in [6.07, 6.45) is 0.222. The number of nitrogens with zero attached hydrogens (tertiary/aromatic N) is 2. The second kappa shape index (κ2) is 8.18. The highest BCUT2D eigenvalue weighted by Crippen LogP contribution is 2.14. The summed E-state index contributed by atoms with van der Waals surface area (Å²) >= 11 is 0. The van der Waals surface area contributed by atoms with E-state index in [2.05, 4.69) is 5.32 Å². The summed E-state index contributed by atoms with van der Waals surface area (Å²) in [7, 11) is 1.79. The van der Waals surface area contributed by atoms with E-state index in [0.29, 0.717) is 29.9 Å². The van der Waals surface area contributed by atoms with Gasteiger partial charge in [0.05, 0.1) is 11.3 Å². The molecule has 2 aromatic rings. The van der Waals surface area contributed by atoms with E-state index in [1.165, 1.54) is 6.07 Å². The van der Waals surface area contributed by atoms with Crippen LogP contribution in [0.4, 0.5) is 14.5 Å². The summed E-state index contributed by atoms with van der Waals surface area (Å²) in [5, 5.41) is 11.7. The smallest absolute Gasteiger partial charge is 0.225 e. The minimum atomic E-state index is -0.883. The molecule has 0 aliphatic heterocycles. The molecule has 2 rings (SSSR count). The number of halogens is 2. The van der Waals surface area contributed by atoms with Crippen molar-refractivity contribution in [1.29, 1.82) is 5.26 Å². The van der Waals surface area contributed by atoms with E-state index in [-0.39, 0.29) is 12.3 Å². The monoisotopic (exact) mass is 329 g/mol. The van der Waals surface area contributed by atoms with E-state index >= 15 is 0 Å². The lowest BCUT2D eigenvalue weighted by molar-refractivity contribution is -0.116. The Hall–Kier alpha value is -2.78. The topological polar surface area (TPSA) is 56.1 Å². The van der Waals surface area contributed by atoms with E-state index in [1.54, 1.807) is 31.3 Å². The molecule has 124 valence electrons. The average Bonchev–Trinajstić information content (AvgIpc) is 2.57. The summed E-state index contributed by atoms with van der Waals surface area (Å²) < 4.78 is 26.1. The number of rotatable bonds is 6. The molecular weight excluding hydrogens is 312 g/mol. The number of anilines is 1. The van der Waals surface area contributed by atoms with Gasteiger partial charge >= 0.3 is 0 Å². The molecule has 0 unspecified atom stereocenters. The molecule has 1 amide bonds. The van der Waals surface area contributed by atoms with Crippen LogP contribution in [0.2, 0.25) is 0 Å². The van der Waals surface area contributed by atoms with E-state index in [1.807, 2.05) is 11.0 Å². The second-order valence-electron chi connectivity index (χ2n) is 5.44. The van der Waals surface area contributed by atoms with Crippen molar-refractivity contribution in [2.24, 2.45) is 0 Å². The zero-order chi connectivity index (χ0) is 17.5. The molecule has 6 heteroatoms. The highest BCUT2D eigenvalue weighted by atomic mass is 19.2. The van der Waals surface area contributed by atoms with Crippen LogP contribution in [-0.2, 0) is 11.3 Å². The van der Waals surface area contributed by atoms with Crippen molar-refractivity contribution in [3.05, 3.63) is 65.2 Å². The maximum Gasteiger partial charge on any atom is 0.225 e. The zero-order valence-electron chi connectivity index (χ0n) is 13.2.